The van der Waals surface area contributed by atoms with Crippen molar-refractivity contribution < 1.29 is 9.36 Å². The summed E-state index contributed by atoms with van der Waals surface area (Å²) in [6, 6.07) is 24.5. The minimum atomic E-state index is -0.0759. The van der Waals surface area contributed by atoms with E-state index < -0.39 is 0 Å². The summed E-state index contributed by atoms with van der Waals surface area (Å²) in [7, 11) is 0. The number of hydrogen-bond donors (Lipinski definition) is 0. The summed E-state index contributed by atoms with van der Waals surface area (Å²) in [6.45, 7) is 1.53. The second kappa shape index (κ2) is 21.4. The predicted molar refractivity (Wildman–Crippen MR) is 193 cm³/mol. The third-order valence-electron chi connectivity index (χ3n) is 5.44. The molecule has 0 spiro atoms. The fraction of sp³-hybridized carbons (Fsp3) is 0.0222. The molecule has 3 heteroatoms. The molecular weight excluding hydrogens is 585 g/mol. The molecule has 0 aliphatic carbocycles. The molecule has 2 aromatic carbocycles. The van der Waals surface area contributed by atoms with Gasteiger partial charge in [-0.1, -0.05) is 48.6 Å². The van der Waals surface area contributed by atoms with Crippen molar-refractivity contribution in [1.82, 2.24) is 0 Å². The van der Waals surface area contributed by atoms with Gasteiger partial charge in [-0.15, -0.1) is 11.0 Å². The van der Waals surface area contributed by atoms with Crippen LogP contribution >= 0.6 is 0 Å². The number of hydrogen-bond acceptors (Lipinski definition) is 1. The minimum Gasteiger partial charge on any atom is -0.288 e. The van der Waals surface area contributed by atoms with Gasteiger partial charge in [-0.2, -0.15) is 0 Å². The number of aromatic nitrogens is 1. The van der Waals surface area contributed by atoms with Crippen molar-refractivity contribution >= 4 is 28.6 Å². The number of carbonyl (C=O) groups excluding carboxylic acids is 1. The number of nitrogens with zero attached hydrogens (tertiary/aromatic N) is 2. The Balaban J connectivity index is 1.64. The van der Waals surface area contributed by atoms with Gasteiger partial charge in [0.05, 0.1) is 5.92 Å². The number of pyridine rings is 1. The van der Waals surface area contributed by atoms with E-state index in [1.807, 2.05) is 102 Å². The molecule has 0 fully saturated rings. The Morgan fingerprint density at radius 2 is 1.08 bits per heavy atom. The number of amides is 1. The topological polar surface area (TPSA) is 24.2 Å². The Morgan fingerprint density at radius 3 is 1.65 bits per heavy atom. The predicted octanol–water partition coefficient (Wildman–Crippen LogP) is 4.74. The molecule has 0 atom stereocenters. The van der Waals surface area contributed by atoms with Gasteiger partial charge in [-0.25, -0.2) is 0 Å². The first kappa shape index (κ1) is 34.2. The van der Waals surface area contributed by atoms with E-state index in [-0.39, 0.29) is 5.91 Å². The third kappa shape index (κ3) is 12.9. The van der Waals surface area contributed by atoms with Crippen LogP contribution in [0.1, 0.15) is 12.6 Å². The first-order valence-electron chi connectivity index (χ1n) is 14.0. The minimum absolute atomic E-state index is 0.0759. The molecule has 3 rings (SSSR count). The highest BCUT2D eigenvalue weighted by atomic mass is 16.2. The number of benzene rings is 2. The molecule has 48 heavy (non-hydrogen) atoms. The van der Waals surface area contributed by atoms with Crippen LogP contribution in [-0.4, -0.2) is 5.91 Å². The normalized spacial score (nSPS) is 8.33. The lowest BCUT2D eigenvalue weighted by Crippen LogP contribution is -2.32. The zero-order valence-electron chi connectivity index (χ0n) is 25.7. The molecule has 1 amide bonds. The van der Waals surface area contributed by atoms with Crippen molar-refractivity contribution in [1.29, 1.82) is 0 Å². The van der Waals surface area contributed by atoms with E-state index in [1.165, 1.54) is 6.92 Å². The first-order chi connectivity index (χ1) is 23.7. The Bertz CT molecular complexity index is 2490. The van der Waals surface area contributed by atoms with Gasteiger partial charge >= 0.3 is 0 Å². The molecule has 216 valence electrons. The van der Waals surface area contributed by atoms with Gasteiger partial charge in [-0.05, 0) is 77.7 Å². The van der Waals surface area contributed by atoms with Gasteiger partial charge in [-0.3, -0.25) is 9.69 Å². The van der Waals surface area contributed by atoms with E-state index in [4.69, 9.17) is 6.42 Å². The maximum absolute atomic E-state index is 12.0. The molecule has 0 aliphatic rings. The van der Waals surface area contributed by atoms with E-state index in [1.54, 1.807) is 11.1 Å². The van der Waals surface area contributed by atoms with Crippen LogP contribution in [0, 0.1) is 131 Å². The van der Waals surface area contributed by atoms with Crippen LogP contribution in [0.25, 0.3) is 17.0 Å². The van der Waals surface area contributed by atoms with Crippen molar-refractivity contribution in [3.8, 4) is 131 Å². The largest absolute Gasteiger partial charge is 0.288 e. The molecule has 0 radical (unpaired) electrons. The summed E-state index contributed by atoms with van der Waals surface area (Å²) in [4.78, 5) is 13.6. The number of fused-ring (bicyclic) bond motifs is 1. The van der Waals surface area contributed by atoms with Crippen LogP contribution in [0.2, 0.25) is 0 Å². The van der Waals surface area contributed by atoms with Gasteiger partial charge in [0.2, 0.25) is 23.2 Å². The molecular formula is C45H21N2O+. The summed E-state index contributed by atoms with van der Waals surface area (Å²) >= 11 is 0. The van der Waals surface area contributed by atoms with E-state index in [0.717, 1.165) is 22.3 Å². The molecule has 3 nitrogen and oxygen atoms in total. The van der Waals surface area contributed by atoms with Gasteiger partial charge in [0.25, 0.3) is 0 Å². The van der Waals surface area contributed by atoms with E-state index >= 15 is 0 Å². The summed E-state index contributed by atoms with van der Waals surface area (Å²) in [6.07, 6.45) is 16.1. The maximum atomic E-state index is 12.0. The van der Waals surface area contributed by atoms with Gasteiger partial charge in [0.15, 0.2) is 0 Å². The Labute approximate surface area is 282 Å². The van der Waals surface area contributed by atoms with Crippen LogP contribution < -0.4 is 9.47 Å². The van der Waals surface area contributed by atoms with Crippen LogP contribution in [0.5, 0.6) is 0 Å². The highest BCUT2D eigenvalue weighted by Crippen LogP contribution is 2.14. The fourth-order valence-electron chi connectivity index (χ4n) is 3.51. The summed E-state index contributed by atoms with van der Waals surface area (Å²) < 4.78 is 1.87. The summed E-state index contributed by atoms with van der Waals surface area (Å²) in [5.41, 5.74) is 2.60. The SMILES string of the molecule is C#CC#CC#CC#CC#CC#CC#CC#CC#CC#CC#C[n+]1c(/C=C/C=C/C=C/N(C(C)=O)c2ccccc2)ccc2ccccc21. The molecule has 0 saturated carbocycles. The summed E-state index contributed by atoms with van der Waals surface area (Å²) in [5, 5.41) is 1.04. The number of anilines is 1. The van der Waals surface area contributed by atoms with Crippen molar-refractivity contribution in [3.05, 3.63) is 103 Å². The van der Waals surface area contributed by atoms with E-state index in [9.17, 15) is 4.79 Å². The second-order valence-corrected chi connectivity index (χ2v) is 8.59. The fourth-order valence-corrected chi connectivity index (χ4v) is 3.51. The average molecular weight is 606 g/mol. The lowest BCUT2D eigenvalue weighted by Gasteiger charge is -2.15. The Morgan fingerprint density at radius 1 is 0.583 bits per heavy atom. The zero-order chi connectivity index (χ0) is 33.9. The third-order valence-corrected chi connectivity index (χ3v) is 5.44. The van der Waals surface area contributed by atoms with Crippen LogP contribution in [-0.2, 0) is 4.79 Å². The Kier molecular flexibility index (Phi) is 15.2. The van der Waals surface area contributed by atoms with E-state index in [0.29, 0.717) is 0 Å². The molecule has 0 N–H and O–H groups in total. The molecule has 3 aromatic rings. The van der Waals surface area contributed by atoms with Gasteiger partial charge in [0.1, 0.15) is 0 Å². The van der Waals surface area contributed by atoms with Crippen molar-refractivity contribution in [2.45, 2.75) is 6.92 Å². The molecule has 0 bridgehead atoms. The first-order valence-corrected chi connectivity index (χ1v) is 14.0. The lowest BCUT2D eigenvalue weighted by atomic mass is 10.2. The maximum Gasteiger partial charge on any atom is 0.244 e. The molecule has 0 aliphatic heterocycles. The van der Waals surface area contributed by atoms with Crippen molar-refractivity contribution in [2.24, 2.45) is 0 Å². The number of terminal acetylenes is 1. The quantitative estimate of drug-likeness (QED) is 0.235. The number of rotatable bonds is 5. The molecule has 1 aromatic heterocycles. The molecule has 1 heterocycles. The highest BCUT2D eigenvalue weighted by molar-refractivity contribution is 5.93. The van der Waals surface area contributed by atoms with Crippen LogP contribution in [0.15, 0.2) is 97.2 Å². The standard InChI is InChI=1S/C45H21N2O/c1-3-4-5-6-7-8-9-10-11-12-13-14-15-16-17-18-19-20-22-31-40-47-44(38-37-42-32-28-29-36-45(42)47)35-25-21-23-30-39-46(41(2)48)43-33-26-24-27-34-43/h1,21,23-30,32-39H,2H3/q+1. The zero-order valence-corrected chi connectivity index (χ0v) is 25.7. The Hall–Kier alpha value is -8.30. The highest BCUT2D eigenvalue weighted by Gasteiger charge is 2.11. The van der Waals surface area contributed by atoms with Gasteiger partial charge < -0.3 is 0 Å². The molecule has 0 saturated heterocycles. The average Bonchev–Trinajstić information content (AvgIpc) is 3.11. The summed E-state index contributed by atoms with van der Waals surface area (Å²) in [5.74, 6) is 50.6. The molecule has 0 unspecified atom stereocenters. The number of allylic oxidation sites excluding steroid dienone is 4. The van der Waals surface area contributed by atoms with Crippen LogP contribution in [0.4, 0.5) is 5.69 Å². The van der Waals surface area contributed by atoms with Crippen molar-refractivity contribution in [3.63, 3.8) is 0 Å². The number of para-hydroxylation sites is 2. The van der Waals surface area contributed by atoms with Crippen molar-refractivity contribution in [2.75, 3.05) is 4.90 Å². The number of carbonyl (C=O) groups is 1. The second-order valence-electron chi connectivity index (χ2n) is 8.59. The van der Waals surface area contributed by atoms with Crippen LogP contribution in [0.3, 0.4) is 0 Å². The van der Waals surface area contributed by atoms with E-state index in [2.05, 4.69) is 124 Å². The monoisotopic (exact) mass is 605 g/mol. The lowest BCUT2D eigenvalue weighted by molar-refractivity contribution is -0.556. The van der Waals surface area contributed by atoms with Gasteiger partial charge in [0, 0.05) is 108 Å². The smallest absolute Gasteiger partial charge is 0.244 e.